The van der Waals surface area contributed by atoms with Crippen LogP contribution >= 0.6 is 0 Å². The van der Waals surface area contributed by atoms with E-state index in [1.165, 1.54) is 39.0 Å². The molecule has 5 heteroatoms. The molecule has 1 aliphatic rings. The van der Waals surface area contributed by atoms with Gasteiger partial charge in [0.25, 0.3) is 0 Å². The third-order valence-electron chi connectivity index (χ3n) is 4.84. The molecular formula is C20H31N3O2. The number of nitrogens with zero attached hydrogens (tertiary/aromatic N) is 1. The minimum absolute atomic E-state index is 0.0283. The van der Waals surface area contributed by atoms with Gasteiger partial charge in [0.05, 0.1) is 6.54 Å². The summed E-state index contributed by atoms with van der Waals surface area (Å²) in [4.78, 5) is 25.4. The van der Waals surface area contributed by atoms with Crippen molar-refractivity contribution in [2.75, 3.05) is 30.8 Å². The number of carbonyl (C=O) groups excluding carboxylic acids is 2. The van der Waals surface area contributed by atoms with E-state index in [2.05, 4.69) is 22.5 Å². The number of nitrogens with one attached hydrogen (secondary N) is 2. The molecule has 1 aliphatic carbocycles. The van der Waals surface area contributed by atoms with E-state index in [9.17, 15) is 9.59 Å². The van der Waals surface area contributed by atoms with Crippen LogP contribution in [0.15, 0.2) is 24.3 Å². The number of carbonyl (C=O) groups is 2. The highest BCUT2D eigenvalue weighted by atomic mass is 16.2. The maximum absolute atomic E-state index is 12.2. The smallest absolute Gasteiger partial charge is 0.238 e. The van der Waals surface area contributed by atoms with E-state index >= 15 is 0 Å². The van der Waals surface area contributed by atoms with Gasteiger partial charge in [-0.1, -0.05) is 32.3 Å². The fourth-order valence-electron chi connectivity index (χ4n) is 3.63. The molecule has 0 saturated heterocycles. The number of amides is 2. The Bertz CT molecular complexity index is 588. The predicted molar refractivity (Wildman–Crippen MR) is 103 cm³/mol. The predicted octanol–water partition coefficient (Wildman–Crippen LogP) is 3.73. The Morgan fingerprint density at radius 1 is 1.20 bits per heavy atom. The summed E-state index contributed by atoms with van der Waals surface area (Å²) < 4.78 is 0. The van der Waals surface area contributed by atoms with Crippen molar-refractivity contribution < 1.29 is 9.59 Å². The van der Waals surface area contributed by atoms with Gasteiger partial charge in [0.15, 0.2) is 0 Å². The van der Waals surface area contributed by atoms with E-state index in [1.807, 2.05) is 19.2 Å². The Kier molecular flexibility index (Phi) is 7.44. The molecule has 25 heavy (non-hydrogen) atoms. The van der Waals surface area contributed by atoms with Crippen LogP contribution in [-0.2, 0) is 9.59 Å². The molecule has 2 unspecified atom stereocenters. The average molecular weight is 345 g/mol. The Hall–Kier alpha value is -1.88. The van der Waals surface area contributed by atoms with Crippen molar-refractivity contribution in [3.8, 4) is 0 Å². The minimum atomic E-state index is -0.125. The molecule has 1 aromatic rings. The summed E-state index contributed by atoms with van der Waals surface area (Å²) in [5.74, 6) is 1.51. The van der Waals surface area contributed by atoms with Gasteiger partial charge >= 0.3 is 0 Å². The Morgan fingerprint density at radius 3 is 2.60 bits per heavy atom. The van der Waals surface area contributed by atoms with Gasteiger partial charge in [0.2, 0.25) is 11.8 Å². The third-order valence-corrected chi connectivity index (χ3v) is 4.84. The van der Waals surface area contributed by atoms with Crippen LogP contribution in [0.1, 0.15) is 46.0 Å². The van der Waals surface area contributed by atoms with Crippen molar-refractivity contribution >= 4 is 23.2 Å². The van der Waals surface area contributed by atoms with E-state index < -0.39 is 0 Å². The van der Waals surface area contributed by atoms with Crippen molar-refractivity contribution in [1.82, 2.24) is 4.90 Å². The molecule has 1 saturated carbocycles. The summed E-state index contributed by atoms with van der Waals surface area (Å²) in [6.45, 7) is 5.15. The first-order chi connectivity index (χ1) is 11.9. The first-order valence-electron chi connectivity index (χ1n) is 9.28. The lowest BCUT2D eigenvalue weighted by Crippen LogP contribution is -2.32. The SMILES string of the molecule is CC(=O)Nc1cccc(NC(=O)CN(C)CCC2CCCC(C)C2)c1. The molecule has 0 aromatic heterocycles. The Balaban J connectivity index is 1.74. The second kappa shape index (κ2) is 9.56. The number of anilines is 2. The van der Waals surface area contributed by atoms with Crippen molar-refractivity contribution in [3.05, 3.63) is 24.3 Å². The molecular weight excluding hydrogens is 314 g/mol. The van der Waals surface area contributed by atoms with Crippen LogP contribution in [0.2, 0.25) is 0 Å². The largest absolute Gasteiger partial charge is 0.326 e. The fourth-order valence-corrected chi connectivity index (χ4v) is 3.63. The van der Waals surface area contributed by atoms with Crippen LogP contribution in [0.3, 0.4) is 0 Å². The van der Waals surface area contributed by atoms with Gasteiger partial charge in [-0.2, -0.15) is 0 Å². The van der Waals surface area contributed by atoms with Crippen LogP contribution in [0.25, 0.3) is 0 Å². The molecule has 0 radical (unpaired) electrons. The number of rotatable bonds is 7. The van der Waals surface area contributed by atoms with Gasteiger partial charge < -0.3 is 10.6 Å². The number of benzene rings is 1. The minimum Gasteiger partial charge on any atom is -0.326 e. The fraction of sp³-hybridized carbons (Fsp3) is 0.600. The van der Waals surface area contributed by atoms with Crippen LogP contribution in [-0.4, -0.2) is 36.9 Å². The quantitative estimate of drug-likeness (QED) is 0.791. The van der Waals surface area contributed by atoms with Gasteiger partial charge in [0, 0.05) is 18.3 Å². The van der Waals surface area contributed by atoms with Crippen LogP contribution in [0, 0.1) is 11.8 Å². The van der Waals surface area contributed by atoms with Gasteiger partial charge in [0.1, 0.15) is 0 Å². The Morgan fingerprint density at radius 2 is 1.92 bits per heavy atom. The molecule has 1 aromatic carbocycles. The summed E-state index contributed by atoms with van der Waals surface area (Å²) in [6.07, 6.45) is 6.55. The van der Waals surface area contributed by atoms with Crippen LogP contribution in [0.4, 0.5) is 11.4 Å². The lowest BCUT2D eigenvalue weighted by Gasteiger charge is -2.28. The molecule has 2 N–H and O–H groups in total. The second-order valence-corrected chi connectivity index (χ2v) is 7.47. The topological polar surface area (TPSA) is 61.4 Å². The van der Waals surface area contributed by atoms with Crippen molar-refractivity contribution in [2.24, 2.45) is 11.8 Å². The van der Waals surface area contributed by atoms with Crippen LogP contribution in [0.5, 0.6) is 0 Å². The molecule has 1 fully saturated rings. The van der Waals surface area contributed by atoms with E-state index in [0.29, 0.717) is 17.9 Å². The summed E-state index contributed by atoms with van der Waals surface area (Å²) in [5.41, 5.74) is 1.39. The van der Waals surface area contributed by atoms with Gasteiger partial charge in [-0.05, 0) is 56.5 Å². The molecule has 0 aliphatic heterocycles. The highest BCUT2D eigenvalue weighted by Gasteiger charge is 2.19. The zero-order valence-electron chi connectivity index (χ0n) is 15.7. The van der Waals surface area contributed by atoms with Crippen LogP contribution < -0.4 is 10.6 Å². The standard InChI is InChI=1S/C20H31N3O2/c1-15-6-4-7-17(12-15)10-11-23(3)14-20(25)22-19-9-5-8-18(13-19)21-16(2)24/h5,8-9,13,15,17H,4,6-7,10-12,14H2,1-3H3,(H,21,24)(H,22,25). The van der Waals surface area contributed by atoms with Crippen molar-refractivity contribution in [3.63, 3.8) is 0 Å². The van der Waals surface area contributed by atoms with Gasteiger partial charge in [-0.3, -0.25) is 14.5 Å². The van der Waals surface area contributed by atoms with E-state index in [4.69, 9.17) is 0 Å². The maximum Gasteiger partial charge on any atom is 0.238 e. The molecule has 0 spiro atoms. The second-order valence-electron chi connectivity index (χ2n) is 7.47. The number of hydrogen-bond donors (Lipinski definition) is 2. The summed E-state index contributed by atoms with van der Waals surface area (Å²) >= 11 is 0. The molecule has 2 amide bonds. The summed E-state index contributed by atoms with van der Waals surface area (Å²) in [5, 5.41) is 5.62. The number of hydrogen-bond acceptors (Lipinski definition) is 3. The van der Waals surface area contributed by atoms with E-state index in [1.54, 1.807) is 12.1 Å². The zero-order valence-corrected chi connectivity index (χ0v) is 15.7. The van der Waals surface area contributed by atoms with Gasteiger partial charge in [-0.25, -0.2) is 0 Å². The zero-order chi connectivity index (χ0) is 18.2. The molecule has 0 bridgehead atoms. The number of likely N-dealkylation sites (N-methyl/N-ethyl adjacent to an activating group) is 1. The summed E-state index contributed by atoms with van der Waals surface area (Å²) in [6, 6.07) is 7.21. The molecule has 5 nitrogen and oxygen atoms in total. The third kappa shape index (κ3) is 7.26. The highest BCUT2D eigenvalue weighted by Crippen LogP contribution is 2.30. The van der Waals surface area contributed by atoms with Crippen molar-refractivity contribution in [2.45, 2.75) is 46.0 Å². The first kappa shape index (κ1) is 19.4. The first-order valence-corrected chi connectivity index (χ1v) is 9.28. The highest BCUT2D eigenvalue weighted by molar-refractivity contribution is 5.94. The normalized spacial score (nSPS) is 20.3. The molecule has 2 rings (SSSR count). The van der Waals surface area contributed by atoms with E-state index in [-0.39, 0.29) is 11.8 Å². The molecule has 0 heterocycles. The van der Waals surface area contributed by atoms with Crippen molar-refractivity contribution in [1.29, 1.82) is 0 Å². The maximum atomic E-state index is 12.2. The van der Waals surface area contributed by atoms with Gasteiger partial charge in [-0.15, -0.1) is 0 Å². The summed E-state index contributed by atoms with van der Waals surface area (Å²) in [7, 11) is 2.00. The lowest BCUT2D eigenvalue weighted by molar-refractivity contribution is -0.117. The Labute approximate surface area is 151 Å². The average Bonchev–Trinajstić information content (AvgIpc) is 2.52. The molecule has 138 valence electrons. The monoisotopic (exact) mass is 345 g/mol. The van der Waals surface area contributed by atoms with E-state index in [0.717, 1.165) is 18.4 Å². The molecule has 2 atom stereocenters. The lowest BCUT2D eigenvalue weighted by atomic mass is 9.81.